The van der Waals surface area contributed by atoms with Gasteiger partial charge < -0.3 is 15.6 Å². The molecule has 3 rings (SSSR count). The van der Waals surface area contributed by atoms with Crippen LogP contribution in [0.1, 0.15) is 17.5 Å². The van der Waals surface area contributed by atoms with E-state index in [0.29, 0.717) is 0 Å². The van der Waals surface area contributed by atoms with Crippen molar-refractivity contribution in [2.45, 2.75) is 26.3 Å². The summed E-state index contributed by atoms with van der Waals surface area (Å²) in [7, 11) is 1.80. The van der Waals surface area contributed by atoms with E-state index in [-0.39, 0.29) is 0 Å². The summed E-state index contributed by atoms with van der Waals surface area (Å²) >= 11 is 0. The Hall–Kier alpha value is -2.76. The number of aryl methyl sites for hydroxylation is 2. The van der Waals surface area contributed by atoms with Gasteiger partial charge in [-0.05, 0) is 43.0 Å². The van der Waals surface area contributed by atoms with E-state index in [4.69, 9.17) is 0 Å². The molecular formula is C19H26N6. The van der Waals surface area contributed by atoms with Gasteiger partial charge in [-0.15, -0.1) is 0 Å². The smallest absolute Gasteiger partial charge is 0.190 e. The molecule has 1 aromatic carbocycles. The molecule has 0 aliphatic rings. The summed E-state index contributed by atoms with van der Waals surface area (Å²) in [5.41, 5.74) is 3.86. The van der Waals surface area contributed by atoms with Gasteiger partial charge in [0.2, 0.25) is 0 Å². The standard InChI is InChI=1S/C19H26N6/c1-15-6-3-7-17-18(15)16(14-23-17)8-11-22-19(20-2)21-9-4-12-25-13-5-10-24-25/h3,5-7,10,13-14,23H,4,8-9,11-12H2,1-2H3,(H2,20,21,22). The number of aromatic amines is 1. The highest BCUT2D eigenvalue weighted by Crippen LogP contribution is 2.22. The summed E-state index contributed by atoms with van der Waals surface area (Å²) in [5, 5.41) is 12.3. The zero-order valence-electron chi connectivity index (χ0n) is 14.9. The van der Waals surface area contributed by atoms with E-state index in [1.165, 1.54) is 22.0 Å². The fourth-order valence-corrected chi connectivity index (χ4v) is 3.07. The van der Waals surface area contributed by atoms with Crippen LogP contribution < -0.4 is 10.6 Å². The number of aromatic nitrogens is 3. The monoisotopic (exact) mass is 338 g/mol. The van der Waals surface area contributed by atoms with Crippen molar-refractivity contribution < 1.29 is 0 Å². The van der Waals surface area contributed by atoms with Crippen LogP contribution in [0.4, 0.5) is 0 Å². The van der Waals surface area contributed by atoms with Crippen molar-refractivity contribution in [1.82, 2.24) is 25.4 Å². The summed E-state index contributed by atoms with van der Waals surface area (Å²) < 4.78 is 1.94. The zero-order chi connectivity index (χ0) is 17.5. The molecule has 0 amide bonds. The molecule has 0 saturated heterocycles. The fourth-order valence-electron chi connectivity index (χ4n) is 3.07. The lowest BCUT2D eigenvalue weighted by molar-refractivity contribution is 0.570. The van der Waals surface area contributed by atoms with Gasteiger partial charge in [0.05, 0.1) is 0 Å². The maximum absolute atomic E-state index is 4.29. The van der Waals surface area contributed by atoms with Gasteiger partial charge >= 0.3 is 0 Å². The van der Waals surface area contributed by atoms with Gasteiger partial charge in [0.25, 0.3) is 0 Å². The Morgan fingerprint density at radius 2 is 2.12 bits per heavy atom. The molecule has 3 N–H and O–H groups in total. The van der Waals surface area contributed by atoms with Gasteiger partial charge in [-0.2, -0.15) is 5.10 Å². The van der Waals surface area contributed by atoms with E-state index in [0.717, 1.165) is 38.4 Å². The van der Waals surface area contributed by atoms with Crippen molar-refractivity contribution in [3.63, 3.8) is 0 Å². The molecule has 3 aromatic rings. The van der Waals surface area contributed by atoms with E-state index in [9.17, 15) is 0 Å². The van der Waals surface area contributed by atoms with Crippen LogP contribution in [0.5, 0.6) is 0 Å². The Balaban J connectivity index is 1.43. The average molecular weight is 338 g/mol. The van der Waals surface area contributed by atoms with E-state index in [1.54, 1.807) is 13.2 Å². The van der Waals surface area contributed by atoms with Crippen molar-refractivity contribution in [1.29, 1.82) is 0 Å². The van der Waals surface area contributed by atoms with E-state index in [1.807, 2.05) is 16.9 Å². The van der Waals surface area contributed by atoms with Crippen LogP contribution >= 0.6 is 0 Å². The van der Waals surface area contributed by atoms with Crippen LogP contribution in [0.15, 0.2) is 47.8 Å². The number of fused-ring (bicyclic) bond motifs is 1. The molecule has 0 radical (unpaired) electrons. The molecule has 6 heteroatoms. The molecule has 0 spiro atoms. The third-order valence-electron chi connectivity index (χ3n) is 4.32. The number of nitrogens with one attached hydrogen (secondary N) is 3. The summed E-state index contributed by atoms with van der Waals surface area (Å²) in [4.78, 5) is 7.64. The number of rotatable bonds is 7. The summed E-state index contributed by atoms with van der Waals surface area (Å²) in [6.07, 6.45) is 7.86. The van der Waals surface area contributed by atoms with Gasteiger partial charge in [-0.25, -0.2) is 0 Å². The predicted molar refractivity (Wildman–Crippen MR) is 103 cm³/mol. The van der Waals surface area contributed by atoms with E-state index >= 15 is 0 Å². The molecule has 2 heterocycles. The highest BCUT2D eigenvalue weighted by molar-refractivity contribution is 5.86. The maximum Gasteiger partial charge on any atom is 0.190 e. The zero-order valence-corrected chi connectivity index (χ0v) is 14.9. The normalized spacial score (nSPS) is 11.8. The summed E-state index contributed by atoms with van der Waals surface area (Å²) in [6.45, 7) is 4.78. The molecule has 132 valence electrons. The maximum atomic E-state index is 4.29. The van der Waals surface area contributed by atoms with Crippen molar-refractivity contribution in [3.8, 4) is 0 Å². The molecule has 6 nitrogen and oxygen atoms in total. The second-order valence-electron chi connectivity index (χ2n) is 6.11. The van der Waals surface area contributed by atoms with Gasteiger partial charge in [-0.1, -0.05) is 12.1 Å². The van der Waals surface area contributed by atoms with Gasteiger partial charge in [-0.3, -0.25) is 9.67 Å². The molecule has 0 aliphatic heterocycles. The number of nitrogens with zero attached hydrogens (tertiary/aromatic N) is 3. The Bertz CT molecular complexity index is 816. The van der Waals surface area contributed by atoms with E-state index < -0.39 is 0 Å². The number of guanidine groups is 1. The minimum absolute atomic E-state index is 0.844. The largest absolute Gasteiger partial charge is 0.361 e. The number of hydrogen-bond donors (Lipinski definition) is 3. The van der Waals surface area contributed by atoms with Crippen molar-refractivity contribution in [2.24, 2.45) is 4.99 Å². The molecular weight excluding hydrogens is 312 g/mol. The van der Waals surface area contributed by atoms with Crippen molar-refractivity contribution >= 4 is 16.9 Å². The third kappa shape index (κ3) is 4.41. The lowest BCUT2D eigenvalue weighted by Crippen LogP contribution is -2.39. The first-order valence-corrected chi connectivity index (χ1v) is 8.75. The van der Waals surface area contributed by atoms with Crippen molar-refractivity contribution in [2.75, 3.05) is 20.1 Å². The molecule has 0 bridgehead atoms. The SMILES string of the molecule is CN=C(NCCCn1cccn1)NCCc1c[nH]c2cccc(C)c12. The van der Waals surface area contributed by atoms with Crippen LogP contribution in [0.3, 0.4) is 0 Å². The summed E-state index contributed by atoms with van der Waals surface area (Å²) in [5.74, 6) is 0.844. The van der Waals surface area contributed by atoms with Crippen molar-refractivity contribution in [3.05, 3.63) is 54.0 Å². The van der Waals surface area contributed by atoms with Gasteiger partial charge in [0.15, 0.2) is 5.96 Å². The fraction of sp³-hybridized carbons (Fsp3) is 0.368. The molecule has 0 aliphatic carbocycles. The van der Waals surface area contributed by atoms with E-state index in [2.05, 4.69) is 57.0 Å². The number of hydrogen-bond acceptors (Lipinski definition) is 2. The minimum atomic E-state index is 0.844. The Morgan fingerprint density at radius 3 is 2.92 bits per heavy atom. The number of H-pyrrole nitrogens is 1. The number of aliphatic imine (C=N–C) groups is 1. The molecule has 0 atom stereocenters. The molecule has 0 fully saturated rings. The highest BCUT2D eigenvalue weighted by Gasteiger charge is 2.06. The van der Waals surface area contributed by atoms with Crippen LogP contribution in [0.2, 0.25) is 0 Å². The first kappa shape index (κ1) is 17.1. The minimum Gasteiger partial charge on any atom is -0.361 e. The van der Waals surface area contributed by atoms with Crippen LogP contribution in [0, 0.1) is 6.92 Å². The Kier molecular flexibility index (Phi) is 5.72. The molecule has 0 saturated carbocycles. The first-order chi connectivity index (χ1) is 12.3. The van der Waals surface area contributed by atoms with Gasteiger partial charge in [0, 0.05) is 56.2 Å². The average Bonchev–Trinajstić information content (AvgIpc) is 3.27. The Morgan fingerprint density at radius 1 is 1.24 bits per heavy atom. The molecule has 2 aromatic heterocycles. The molecule has 0 unspecified atom stereocenters. The van der Waals surface area contributed by atoms with Gasteiger partial charge in [0.1, 0.15) is 0 Å². The van der Waals surface area contributed by atoms with Crippen LogP contribution in [-0.4, -0.2) is 40.9 Å². The topological polar surface area (TPSA) is 70.0 Å². The quantitative estimate of drug-likeness (QED) is 0.352. The molecule has 25 heavy (non-hydrogen) atoms. The second kappa shape index (κ2) is 8.37. The van der Waals surface area contributed by atoms with Crippen LogP contribution in [-0.2, 0) is 13.0 Å². The highest BCUT2D eigenvalue weighted by atomic mass is 15.3. The third-order valence-corrected chi connectivity index (χ3v) is 4.32. The predicted octanol–water partition coefficient (Wildman–Crippen LogP) is 2.47. The first-order valence-electron chi connectivity index (χ1n) is 8.75. The lowest BCUT2D eigenvalue weighted by Gasteiger charge is -2.12. The number of benzene rings is 1. The second-order valence-corrected chi connectivity index (χ2v) is 6.11. The lowest BCUT2D eigenvalue weighted by atomic mass is 10.1. The Labute approximate surface area is 148 Å². The summed E-state index contributed by atoms with van der Waals surface area (Å²) in [6, 6.07) is 8.32. The van der Waals surface area contributed by atoms with Crippen LogP contribution in [0.25, 0.3) is 10.9 Å².